The molecule has 178 valence electrons. The Morgan fingerprint density at radius 1 is 1.00 bits per heavy atom. The fourth-order valence-corrected chi connectivity index (χ4v) is 4.87. The van der Waals surface area contributed by atoms with Gasteiger partial charge in [0, 0.05) is 57.8 Å². The van der Waals surface area contributed by atoms with E-state index in [0.717, 1.165) is 38.3 Å². The van der Waals surface area contributed by atoms with Crippen LogP contribution in [0.5, 0.6) is 0 Å². The molecule has 1 aromatic heterocycles. The molecule has 0 atom stereocenters. The van der Waals surface area contributed by atoms with Gasteiger partial charge >= 0.3 is 0 Å². The van der Waals surface area contributed by atoms with E-state index in [-0.39, 0.29) is 24.0 Å². The van der Waals surface area contributed by atoms with Gasteiger partial charge in [0.25, 0.3) is 0 Å². The average molecular weight is 473 g/mol. The molecule has 1 amide bonds. The van der Waals surface area contributed by atoms with Crippen molar-refractivity contribution in [3.63, 3.8) is 0 Å². The lowest BCUT2D eigenvalue weighted by Crippen LogP contribution is -2.47. The Morgan fingerprint density at radius 3 is 2.18 bits per heavy atom. The first-order valence-corrected chi connectivity index (χ1v) is 12.9. The Labute approximate surface area is 196 Å². The summed E-state index contributed by atoms with van der Waals surface area (Å²) < 4.78 is 27.0. The number of aromatic nitrogens is 1. The molecule has 0 radical (unpaired) electrons. The predicted molar refractivity (Wildman–Crippen MR) is 128 cm³/mol. The molecule has 0 N–H and O–H groups in total. The summed E-state index contributed by atoms with van der Waals surface area (Å²) in [5.41, 5.74) is 2.77. The summed E-state index contributed by atoms with van der Waals surface area (Å²) in [4.78, 5) is 31.8. The number of hydrogen-bond acceptors (Lipinski definition) is 6. The predicted octanol–water partition coefficient (Wildman–Crippen LogP) is 2.69. The molecule has 1 aliphatic rings. The zero-order valence-corrected chi connectivity index (χ0v) is 20.3. The molecule has 2 heterocycles. The van der Waals surface area contributed by atoms with Crippen molar-refractivity contribution in [2.45, 2.75) is 40.3 Å². The van der Waals surface area contributed by atoms with E-state index in [0.29, 0.717) is 23.4 Å². The minimum absolute atomic E-state index is 0.00498. The number of anilines is 1. The number of ketones is 1. The number of piperazine rings is 1. The van der Waals surface area contributed by atoms with Gasteiger partial charge in [-0.3, -0.25) is 23.8 Å². The van der Waals surface area contributed by atoms with Crippen molar-refractivity contribution in [1.82, 2.24) is 14.8 Å². The van der Waals surface area contributed by atoms with Gasteiger partial charge in [0.2, 0.25) is 15.9 Å². The fraction of sp³-hybridized carbons (Fsp3) is 0.458. The average Bonchev–Trinajstić information content (AvgIpc) is 2.83. The molecule has 9 heteroatoms. The zero-order chi connectivity index (χ0) is 24.0. The maximum atomic E-state index is 12.8. The molecule has 8 nitrogen and oxygen atoms in total. The fourth-order valence-electron chi connectivity index (χ4n) is 3.79. The van der Waals surface area contributed by atoms with Crippen LogP contribution in [0.1, 0.15) is 48.8 Å². The monoisotopic (exact) mass is 472 g/mol. The number of carbonyl (C=O) groups is 2. The lowest BCUT2D eigenvalue weighted by molar-refractivity contribution is -0.130. The summed E-state index contributed by atoms with van der Waals surface area (Å²) in [7, 11) is -3.52. The van der Waals surface area contributed by atoms with E-state index in [4.69, 9.17) is 0 Å². The van der Waals surface area contributed by atoms with Gasteiger partial charge in [-0.25, -0.2) is 8.42 Å². The highest BCUT2D eigenvalue weighted by Gasteiger charge is 2.22. The number of nitrogens with zero attached hydrogens (tertiary/aromatic N) is 4. The van der Waals surface area contributed by atoms with Crippen molar-refractivity contribution in [3.05, 3.63) is 59.4 Å². The van der Waals surface area contributed by atoms with Crippen LogP contribution in [0.3, 0.4) is 0 Å². The quantitative estimate of drug-likeness (QED) is 0.521. The summed E-state index contributed by atoms with van der Waals surface area (Å²) in [6.45, 7) is 8.95. The lowest BCUT2D eigenvalue weighted by atomic mass is 10.1. The number of Topliss-reactive ketones (excluding diaryl/α,β-unsaturated/α-hetero) is 1. The minimum atomic E-state index is -3.52. The summed E-state index contributed by atoms with van der Waals surface area (Å²) in [6, 6.07) is 10.9. The first kappa shape index (κ1) is 24.9. The van der Waals surface area contributed by atoms with E-state index in [2.05, 4.69) is 9.88 Å². The minimum Gasteiger partial charge on any atom is -0.340 e. The first-order chi connectivity index (χ1) is 15.7. The second-order valence-electron chi connectivity index (χ2n) is 8.17. The van der Waals surface area contributed by atoms with E-state index in [1.54, 1.807) is 32.9 Å². The second-order valence-corrected chi connectivity index (χ2v) is 10.4. The Hall–Kier alpha value is -2.78. The van der Waals surface area contributed by atoms with Gasteiger partial charge in [0.15, 0.2) is 5.78 Å². The second kappa shape index (κ2) is 10.9. The Balaban J connectivity index is 1.71. The number of carbonyl (C=O) groups excluding carboxylic acids is 2. The molecular formula is C24H32N4O4S. The maximum Gasteiger partial charge on any atom is 0.235 e. The van der Waals surface area contributed by atoms with Crippen LogP contribution in [0.4, 0.5) is 5.69 Å². The normalized spacial score (nSPS) is 14.8. The van der Waals surface area contributed by atoms with E-state index < -0.39 is 10.0 Å². The molecule has 0 bridgehead atoms. The number of rotatable bonds is 9. The highest BCUT2D eigenvalue weighted by atomic mass is 32.2. The summed E-state index contributed by atoms with van der Waals surface area (Å²) >= 11 is 0. The van der Waals surface area contributed by atoms with Crippen LogP contribution in [-0.4, -0.2) is 66.8 Å². The van der Waals surface area contributed by atoms with Crippen molar-refractivity contribution in [2.75, 3.05) is 36.2 Å². The molecule has 1 fully saturated rings. The van der Waals surface area contributed by atoms with E-state index in [9.17, 15) is 18.0 Å². The number of amides is 1. The van der Waals surface area contributed by atoms with Crippen LogP contribution in [0.15, 0.2) is 42.6 Å². The molecule has 0 unspecified atom stereocenters. The topological polar surface area (TPSA) is 90.9 Å². The third-order valence-corrected chi connectivity index (χ3v) is 7.66. The molecule has 1 aliphatic heterocycles. The maximum absolute atomic E-state index is 12.8. The number of hydrogen-bond donors (Lipinski definition) is 0. The van der Waals surface area contributed by atoms with Crippen molar-refractivity contribution in [1.29, 1.82) is 0 Å². The number of benzene rings is 1. The molecule has 0 aliphatic carbocycles. The summed E-state index contributed by atoms with van der Waals surface area (Å²) in [5.74, 6) is 0.0874. The van der Waals surface area contributed by atoms with Crippen LogP contribution in [0.25, 0.3) is 0 Å². The van der Waals surface area contributed by atoms with Crippen LogP contribution >= 0.6 is 0 Å². The standard InChI is InChI=1S/C24H32N4O4S/c1-4-24(30)21-8-9-22(25-16-21)18-28(33(31,32)5-2)23-10-6-20(7-11-23)17-26-12-14-27(15-13-26)19(3)29/h6-11,16H,4-5,12-15,17-18H2,1-3H3. The number of pyridine rings is 1. The van der Waals surface area contributed by atoms with Crippen LogP contribution in [0.2, 0.25) is 0 Å². The van der Waals surface area contributed by atoms with Crippen LogP contribution in [-0.2, 0) is 27.9 Å². The SMILES string of the molecule is CCC(=O)c1ccc(CN(c2ccc(CN3CCN(C(C)=O)CC3)cc2)S(=O)(=O)CC)nc1. The van der Waals surface area contributed by atoms with E-state index in [1.807, 2.05) is 29.2 Å². The summed E-state index contributed by atoms with van der Waals surface area (Å²) in [6.07, 6.45) is 1.91. The molecule has 0 saturated carbocycles. The highest BCUT2D eigenvalue weighted by Crippen LogP contribution is 2.23. The third-order valence-electron chi connectivity index (χ3n) is 5.92. The molecule has 2 aromatic rings. The van der Waals surface area contributed by atoms with Gasteiger partial charge in [0.05, 0.1) is 23.7 Å². The van der Waals surface area contributed by atoms with Gasteiger partial charge < -0.3 is 4.90 Å². The van der Waals surface area contributed by atoms with E-state index >= 15 is 0 Å². The van der Waals surface area contributed by atoms with Crippen LogP contribution in [0, 0.1) is 0 Å². The van der Waals surface area contributed by atoms with Gasteiger partial charge in [-0.1, -0.05) is 19.1 Å². The van der Waals surface area contributed by atoms with E-state index in [1.165, 1.54) is 10.5 Å². The van der Waals surface area contributed by atoms with Gasteiger partial charge in [-0.05, 0) is 36.8 Å². The molecule has 33 heavy (non-hydrogen) atoms. The molecule has 0 spiro atoms. The zero-order valence-electron chi connectivity index (χ0n) is 19.5. The van der Waals surface area contributed by atoms with Crippen molar-refractivity contribution >= 4 is 27.4 Å². The largest absolute Gasteiger partial charge is 0.340 e. The molecular weight excluding hydrogens is 440 g/mol. The first-order valence-electron chi connectivity index (χ1n) is 11.3. The highest BCUT2D eigenvalue weighted by molar-refractivity contribution is 7.92. The Kier molecular flexibility index (Phi) is 8.20. The summed E-state index contributed by atoms with van der Waals surface area (Å²) in [5, 5.41) is 0. The van der Waals surface area contributed by atoms with Crippen molar-refractivity contribution < 1.29 is 18.0 Å². The van der Waals surface area contributed by atoms with Crippen molar-refractivity contribution in [2.24, 2.45) is 0 Å². The van der Waals surface area contributed by atoms with Gasteiger partial charge in [0.1, 0.15) is 0 Å². The van der Waals surface area contributed by atoms with Crippen molar-refractivity contribution in [3.8, 4) is 0 Å². The smallest absolute Gasteiger partial charge is 0.235 e. The Morgan fingerprint density at radius 2 is 1.67 bits per heavy atom. The Bertz CT molecular complexity index is 1060. The molecule has 3 rings (SSSR count). The lowest BCUT2D eigenvalue weighted by Gasteiger charge is -2.34. The van der Waals surface area contributed by atoms with Crippen LogP contribution < -0.4 is 4.31 Å². The van der Waals surface area contributed by atoms with Gasteiger partial charge in [-0.2, -0.15) is 0 Å². The third kappa shape index (κ3) is 6.39. The number of sulfonamides is 1. The molecule has 1 aromatic carbocycles. The molecule has 1 saturated heterocycles. The van der Waals surface area contributed by atoms with Gasteiger partial charge in [-0.15, -0.1) is 0 Å².